The summed E-state index contributed by atoms with van der Waals surface area (Å²) in [6.07, 6.45) is 0.422. The zero-order chi connectivity index (χ0) is 8.77. The van der Waals surface area contributed by atoms with Gasteiger partial charge in [-0.2, -0.15) is 0 Å². The molecule has 0 aromatic heterocycles. The van der Waals surface area contributed by atoms with Gasteiger partial charge in [0, 0.05) is 12.0 Å². The van der Waals surface area contributed by atoms with Crippen LogP contribution in [0.15, 0.2) is 24.3 Å². The van der Waals surface area contributed by atoms with E-state index < -0.39 is 0 Å². The predicted molar refractivity (Wildman–Crippen MR) is 46.4 cm³/mol. The maximum absolute atomic E-state index is 9.72. The van der Waals surface area contributed by atoms with Crippen molar-refractivity contribution in [2.75, 3.05) is 0 Å². The van der Waals surface area contributed by atoms with Gasteiger partial charge in [0.2, 0.25) is 0 Å². The summed E-state index contributed by atoms with van der Waals surface area (Å²) in [4.78, 5) is 0. The Hall–Kier alpha value is -0.860. The summed E-state index contributed by atoms with van der Waals surface area (Å²) in [5, 5.41) is 9.72. The Kier molecular flexibility index (Phi) is 1.50. The third kappa shape index (κ3) is 0.886. The largest absolute Gasteiger partial charge is 0.386 e. The van der Waals surface area contributed by atoms with Crippen LogP contribution in [0, 0.1) is 0 Å². The maximum Gasteiger partial charge on any atom is 0.144 e. The molecule has 0 fully saturated rings. The van der Waals surface area contributed by atoms with Crippen molar-refractivity contribution in [2.45, 2.75) is 25.0 Å². The van der Waals surface area contributed by atoms with E-state index in [-0.39, 0.29) is 11.6 Å². The zero-order valence-electron chi connectivity index (χ0n) is 7.25. The fourth-order valence-corrected chi connectivity index (χ4v) is 1.87. The van der Waals surface area contributed by atoms with Gasteiger partial charge < -0.3 is 10.8 Å². The van der Waals surface area contributed by atoms with E-state index in [9.17, 15) is 5.11 Å². The molecule has 2 heteroatoms. The van der Waals surface area contributed by atoms with E-state index in [1.54, 1.807) is 0 Å². The smallest absolute Gasteiger partial charge is 0.144 e. The minimum Gasteiger partial charge on any atom is -0.386 e. The minimum atomic E-state index is -0.324. The topological polar surface area (TPSA) is 47.9 Å². The lowest BCUT2D eigenvalue weighted by Gasteiger charge is -2.19. The molecule has 2 unspecified atom stereocenters. The van der Waals surface area contributed by atoms with Crippen molar-refractivity contribution in [3.63, 3.8) is 0 Å². The van der Waals surface area contributed by atoms with Crippen LogP contribution in [-0.4, -0.2) is 11.2 Å². The molecule has 0 radical (unpaired) electrons. The van der Waals surface area contributed by atoms with E-state index in [0.717, 1.165) is 6.42 Å². The van der Waals surface area contributed by atoms with E-state index in [1.807, 2.05) is 19.1 Å². The van der Waals surface area contributed by atoms with Crippen molar-refractivity contribution >= 4 is 0 Å². The summed E-state index contributed by atoms with van der Waals surface area (Å²) in [5.41, 5.74) is 6.16. The van der Waals surface area contributed by atoms with E-state index in [0.29, 0.717) is 0 Å². The van der Waals surface area contributed by atoms with Crippen molar-refractivity contribution in [3.05, 3.63) is 35.4 Å². The Labute approximate surface area is 72.0 Å². The Morgan fingerprint density at radius 3 is 2.83 bits per heavy atom. The van der Waals surface area contributed by atoms with Gasteiger partial charge in [-0.15, -0.1) is 0 Å². The number of fused-ring (bicyclic) bond motifs is 1. The molecule has 1 aromatic rings. The molecule has 1 aliphatic carbocycles. The second kappa shape index (κ2) is 2.31. The Balaban J connectivity index is 2.55. The summed E-state index contributed by atoms with van der Waals surface area (Å²) in [5.74, 6) is 0. The van der Waals surface area contributed by atoms with Gasteiger partial charge in [0.25, 0.3) is 0 Å². The van der Waals surface area contributed by atoms with Crippen molar-refractivity contribution in [2.24, 2.45) is 0 Å². The number of hydrogen-bond acceptors (Lipinski definition) is 1. The standard InChI is InChI=1S/C10H13NO/c1-10(11)8-5-3-2-4-7(8)6-9(10)12/h2-5,9,12H,6,11H2,1H3/p+1. The second-order valence-corrected chi connectivity index (χ2v) is 3.79. The first kappa shape index (κ1) is 7.77. The van der Waals surface area contributed by atoms with Gasteiger partial charge in [-0.3, -0.25) is 0 Å². The van der Waals surface area contributed by atoms with Crippen LogP contribution < -0.4 is 5.73 Å². The molecule has 0 saturated carbocycles. The monoisotopic (exact) mass is 164 g/mol. The van der Waals surface area contributed by atoms with Crippen LogP contribution in [0.2, 0.25) is 0 Å². The van der Waals surface area contributed by atoms with Gasteiger partial charge in [0.05, 0.1) is 0 Å². The van der Waals surface area contributed by atoms with Gasteiger partial charge in [-0.1, -0.05) is 24.3 Å². The highest BCUT2D eigenvalue weighted by atomic mass is 16.3. The van der Waals surface area contributed by atoms with Crippen LogP contribution in [-0.2, 0) is 12.0 Å². The first-order chi connectivity index (χ1) is 5.62. The number of aliphatic hydroxyl groups is 1. The van der Waals surface area contributed by atoms with Crippen molar-refractivity contribution in [1.29, 1.82) is 0 Å². The first-order valence-electron chi connectivity index (χ1n) is 4.24. The van der Waals surface area contributed by atoms with Gasteiger partial charge >= 0.3 is 0 Å². The number of aliphatic hydroxyl groups excluding tert-OH is 1. The third-order valence-corrected chi connectivity index (χ3v) is 2.78. The zero-order valence-corrected chi connectivity index (χ0v) is 7.25. The molecular weight excluding hydrogens is 150 g/mol. The molecule has 2 nitrogen and oxygen atoms in total. The number of benzene rings is 1. The van der Waals surface area contributed by atoms with Crippen LogP contribution in [0.3, 0.4) is 0 Å². The normalized spacial score (nSPS) is 33.4. The maximum atomic E-state index is 9.72. The number of quaternary nitrogens is 1. The molecule has 1 aromatic carbocycles. The van der Waals surface area contributed by atoms with Gasteiger partial charge in [0.15, 0.2) is 0 Å². The lowest BCUT2D eigenvalue weighted by Crippen LogP contribution is -2.72. The van der Waals surface area contributed by atoms with Crippen LogP contribution in [0.1, 0.15) is 18.1 Å². The lowest BCUT2D eigenvalue weighted by molar-refractivity contribution is -0.497. The molecule has 2 rings (SSSR count). The summed E-state index contributed by atoms with van der Waals surface area (Å²) in [6.45, 7) is 1.99. The summed E-state index contributed by atoms with van der Waals surface area (Å²) in [6, 6.07) is 8.13. The Bertz CT molecular complexity index is 306. The van der Waals surface area contributed by atoms with E-state index in [4.69, 9.17) is 0 Å². The fourth-order valence-electron chi connectivity index (χ4n) is 1.87. The van der Waals surface area contributed by atoms with Gasteiger partial charge in [-0.25, -0.2) is 0 Å². The molecule has 0 aliphatic heterocycles. The van der Waals surface area contributed by atoms with Crippen LogP contribution in [0.25, 0.3) is 0 Å². The molecule has 0 spiro atoms. The van der Waals surface area contributed by atoms with Crippen LogP contribution in [0.5, 0.6) is 0 Å². The second-order valence-electron chi connectivity index (χ2n) is 3.79. The highest BCUT2D eigenvalue weighted by molar-refractivity contribution is 5.38. The Morgan fingerprint density at radius 1 is 1.50 bits per heavy atom. The lowest BCUT2D eigenvalue weighted by atomic mass is 9.94. The molecule has 0 amide bonds. The van der Waals surface area contributed by atoms with Crippen molar-refractivity contribution < 1.29 is 10.8 Å². The Morgan fingerprint density at radius 2 is 2.17 bits per heavy atom. The van der Waals surface area contributed by atoms with Gasteiger partial charge in [0.1, 0.15) is 11.6 Å². The molecule has 64 valence electrons. The van der Waals surface area contributed by atoms with E-state index >= 15 is 0 Å². The molecule has 0 heterocycles. The highest BCUT2D eigenvalue weighted by Crippen LogP contribution is 2.32. The summed E-state index contributed by atoms with van der Waals surface area (Å²) < 4.78 is 0. The fraction of sp³-hybridized carbons (Fsp3) is 0.400. The van der Waals surface area contributed by atoms with Gasteiger partial charge in [-0.05, 0) is 12.5 Å². The number of rotatable bonds is 0. The molecule has 1 aliphatic rings. The molecule has 0 saturated heterocycles. The molecule has 2 atom stereocenters. The molecular formula is C10H14NO+. The van der Waals surface area contributed by atoms with E-state index in [2.05, 4.69) is 17.9 Å². The summed E-state index contributed by atoms with van der Waals surface area (Å²) in [7, 11) is 0. The van der Waals surface area contributed by atoms with E-state index in [1.165, 1.54) is 11.1 Å². The van der Waals surface area contributed by atoms with Crippen molar-refractivity contribution in [3.8, 4) is 0 Å². The minimum absolute atomic E-state index is 0.309. The van der Waals surface area contributed by atoms with Crippen LogP contribution in [0.4, 0.5) is 0 Å². The molecule has 4 N–H and O–H groups in total. The van der Waals surface area contributed by atoms with Crippen molar-refractivity contribution in [1.82, 2.24) is 0 Å². The third-order valence-electron chi connectivity index (χ3n) is 2.78. The highest BCUT2D eigenvalue weighted by Gasteiger charge is 2.42. The molecule has 0 bridgehead atoms. The average molecular weight is 164 g/mol. The first-order valence-corrected chi connectivity index (χ1v) is 4.24. The van der Waals surface area contributed by atoms with Crippen LogP contribution >= 0.6 is 0 Å². The molecule has 12 heavy (non-hydrogen) atoms. The SMILES string of the molecule is CC1([NH3+])c2ccccc2CC1O. The predicted octanol–water partition coefficient (Wildman–Crippen LogP) is 0.0607. The quantitative estimate of drug-likeness (QED) is 0.559. The summed E-state index contributed by atoms with van der Waals surface area (Å²) >= 11 is 0. The average Bonchev–Trinajstić information content (AvgIpc) is 2.25. The number of hydrogen-bond donors (Lipinski definition) is 2.